The van der Waals surface area contributed by atoms with Crippen LogP contribution < -0.4 is 5.32 Å². The van der Waals surface area contributed by atoms with Gasteiger partial charge in [0.1, 0.15) is 17.6 Å². The van der Waals surface area contributed by atoms with E-state index in [1.165, 1.54) is 10.9 Å². The number of likely N-dealkylation sites (tertiary alicyclic amines) is 1. The van der Waals surface area contributed by atoms with Gasteiger partial charge in [-0.15, -0.1) is 0 Å². The van der Waals surface area contributed by atoms with E-state index in [4.69, 9.17) is 0 Å². The fraction of sp³-hybridized carbons (Fsp3) is 0.391. The minimum absolute atomic E-state index is 0.0298. The number of rotatable bonds is 7. The number of carbonyl (C=O) groups is 2. The molecule has 1 aliphatic rings. The van der Waals surface area contributed by atoms with Gasteiger partial charge in [0.15, 0.2) is 11.6 Å². The Bertz CT molecular complexity index is 1080. The summed E-state index contributed by atoms with van der Waals surface area (Å²) in [6.45, 7) is 1.54. The summed E-state index contributed by atoms with van der Waals surface area (Å²) >= 11 is 0. The second-order valence-corrected chi connectivity index (χ2v) is 8.13. The molecule has 1 fully saturated rings. The van der Waals surface area contributed by atoms with Crippen LogP contribution in [0.15, 0.2) is 42.5 Å². The van der Waals surface area contributed by atoms with E-state index < -0.39 is 11.6 Å². The Morgan fingerprint density at radius 1 is 1.06 bits per heavy atom. The number of piperidine rings is 1. The van der Waals surface area contributed by atoms with Crippen molar-refractivity contribution >= 4 is 22.8 Å². The van der Waals surface area contributed by atoms with Gasteiger partial charge in [-0.3, -0.25) is 9.59 Å². The Kier molecular flexibility index (Phi) is 6.72. The van der Waals surface area contributed by atoms with Crippen molar-refractivity contribution in [2.75, 3.05) is 13.1 Å². The fourth-order valence-corrected chi connectivity index (χ4v) is 4.00. The average Bonchev–Trinajstić information content (AvgIpc) is 3.21. The number of fused-ring (bicyclic) bond motifs is 1. The summed E-state index contributed by atoms with van der Waals surface area (Å²) in [5.41, 5.74) is 2.02. The van der Waals surface area contributed by atoms with E-state index in [-0.39, 0.29) is 30.8 Å². The molecule has 2 amide bonds. The average molecular weight is 441 g/mol. The SMILES string of the molecule is O=C(CC[C@H]1CCCN(C(=O)Cn2nc3ccccc3n2)C1)NCc1ccc(F)c(F)c1. The summed E-state index contributed by atoms with van der Waals surface area (Å²) in [5.74, 6) is -1.77. The van der Waals surface area contributed by atoms with Gasteiger partial charge < -0.3 is 10.2 Å². The smallest absolute Gasteiger partial charge is 0.246 e. The summed E-state index contributed by atoms with van der Waals surface area (Å²) in [6, 6.07) is 11.1. The van der Waals surface area contributed by atoms with Crippen LogP contribution in [0, 0.1) is 17.6 Å². The van der Waals surface area contributed by atoms with Crippen LogP contribution in [0.1, 0.15) is 31.2 Å². The lowest BCUT2D eigenvalue weighted by Gasteiger charge is -2.32. The number of carbonyl (C=O) groups excluding carboxylic acids is 2. The molecule has 168 valence electrons. The maximum Gasteiger partial charge on any atom is 0.246 e. The van der Waals surface area contributed by atoms with Crippen LogP contribution in [0.4, 0.5) is 8.78 Å². The van der Waals surface area contributed by atoms with Crippen LogP contribution in [0.2, 0.25) is 0 Å². The van der Waals surface area contributed by atoms with Gasteiger partial charge in [0.25, 0.3) is 0 Å². The molecule has 1 saturated heterocycles. The normalized spacial score (nSPS) is 16.3. The van der Waals surface area contributed by atoms with Gasteiger partial charge in [-0.1, -0.05) is 18.2 Å². The van der Waals surface area contributed by atoms with E-state index in [0.29, 0.717) is 31.5 Å². The minimum atomic E-state index is -0.929. The summed E-state index contributed by atoms with van der Waals surface area (Å²) in [5, 5.41) is 11.4. The monoisotopic (exact) mass is 441 g/mol. The zero-order valence-corrected chi connectivity index (χ0v) is 17.6. The van der Waals surface area contributed by atoms with Crippen molar-refractivity contribution in [3.63, 3.8) is 0 Å². The van der Waals surface area contributed by atoms with Gasteiger partial charge in [-0.25, -0.2) is 8.78 Å². The molecule has 0 spiro atoms. The zero-order valence-electron chi connectivity index (χ0n) is 17.6. The second kappa shape index (κ2) is 9.84. The quantitative estimate of drug-likeness (QED) is 0.611. The third-order valence-electron chi connectivity index (χ3n) is 5.73. The zero-order chi connectivity index (χ0) is 22.5. The van der Waals surface area contributed by atoms with E-state index in [2.05, 4.69) is 15.5 Å². The van der Waals surface area contributed by atoms with E-state index in [0.717, 1.165) is 36.0 Å². The minimum Gasteiger partial charge on any atom is -0.352 e. The standard InChI is InChI=1S/C23H25F2N5O2/c24-18-9-7-17(12-19(18)25)13-26-22(31)10-8-16-4-3-11-29(14-16)23(32)15-30-27-20-5-1-2-6-21(20)28-30/h1-2,5-7,9,12,16H,3-4,8,10-11,13-15H2,(H,26,31)/t16-/m1/s1. The molecule has 0 radical (unpaired) electrons. The Morgan fingerprint density at radius 2 is 1.81 bits per heavy atom. The van der Waals surface area contributed by atoms with Crippen LogP contribution in [0.25, 0.3) is 11.0 Å². The molecule has 1 atom stereocenters. The molecule has 0 aliphatic carbocycles. The van der Waals surface area contributed by atoms with Crippen molar-refractivity contribution in [3.05, 3.63) is 59.7 Å². The van der Waals surface area contributed by atoms with Crippen LogP contribution >= 0.6 is 0 Å². The molecule has 7 nitrogen and oxygen atoms in total. The van der Waals surface area contributed by atoms with Gasteiger partial charge in [0.2, 0.25) is 11.8 Å². The van der Waals surface area contributed by atoms with Crippen molar-refractivity contribution in [1.29, 1.82) is 0 Å². The maximum absolute atomic E-state index is 13.3. The van der Waals surface area contributed by atoms with Gasteiger partial charge in [-0.2, -0.15) is 15.0 Å². The number of hydrogen-bond donors (Lipinski definition) is 1. The first-order valence-electron chi connectivity index (χ1n) is 10.8. The first kappa shape index (κ1) is 21.9. The summed E-state index contributed by atoms with van der Waals surface area (Å²) in [4.78, 5) is 28.2. The molecule has 2 heterocycles. The second-order valence-electron chi connectivity index (χ2n) is 8.13. The third-order valence-corrected chi connectivity index (χ3v) is 5.73. The number of hydrogen-bond acceptors (Lipinski definition) is 4. The third kappa shape index (κ3) is 5.46. The summed E-state index contributed by atoms with van der Waals surface area (Å²) in [6.07, 6.45) is 2.84. The van der Waals surface area contributed by atoms with Crippen molar-refractivity contribution < 1.29 is 18.4 Å². The number of amides is 2. The molecular weight excluding hydrogens is 416 g/mol. The highest BCUT2D eigenvalue weighted by atomic mass is 19.2. The molecular formula is C23H25F2N5O2. The van der Waals surface area contributed by atoms with Crippen molar-refractivity contribution in [1.82, 2.24) is 25.2 Å². The number of nitrogens with one attached hydrogen (secondary N) is 1. The first-order valence-corrected chi connectivity index (χ1v) is 10.8. The van der Waals surface area contributed by atoms with Crippen LogP contribution in [-0.2, 0) is 22.7 Å². The predicted octanol–water partition coefficient (Wildman–Crippen LogP) is 3.04. The Hall–Kier alpha value is -3.36. The van der Waals surface area contributed by atoms with Crippen LogP contribution in [-0.4, -0.2) is 44.8 Å². The lowest BCUT2D eigenvalue weighted by Crippen LogP contribution is -2.42. The first-order chi connectivity index (χ1) is 15.5. The molecule has 1 aliphatic heterocycles. The van der Waals surface area contributed by atoms with E-state index in [1.807, 2.05) is 29.2 Å². The Morgan fingerprint density at radius 3 is 2.53 bits per heavy atom. The maximum atomic E-state index is 13.3. The highest BCUT2D eigenvalue weighted by Crippen LogP contribution is 2.21. The number of aromatic nitrogens is 3. The predicted molar refractivity (Wildman–Crippen MR) is 114 cm³/mol. The number of nitrogens with zero attached hydrogens (tertiary/aromatic N) is 4. The molecule has 0 saturated carbocycles. The largest absolute Gasteiger partial charge is 0.352 e. The number of benzene rings is 2. The molecule has 4 rings (SSSR count). The lowest BCUT2D eigenvalue weighted by atomic mass is 9.93. The van der Waals surface area contributed by atoms with Crippen molar-refractivity contribution in [2.45, 2.75) is 38.8 Å². The van der Waals surface area contributed by atoms with E-state index in [9.17, 15) is 18.4 Å². The molecule has 9 heteroatoms. The van der Waals surface area contributed by atoms with Gasteiger partial charge in [0, 0.05) is 26.1 Å². The molecule has 32 heavy (non-hydrogen) atoms. The van der Waals surface area contributed by atoms with Gasteiger partial charge >= 0.3 is 0 Å². The van der Waals surface area contributed by atoms with Gasteiger partial charge in [-0.05, 0) is 55.0 Å². The highest BCUT2D eigenvalue weighted by molar-refractivity contribution is 5.77. The van der Waals surface area contributed by atoms with E-state index >= 15 is 0 Å². The molecule has 1 N–H and O–H groups in total. The summed E-state index contributed by atoms with van der Waals surface area (Å²) < 4.78 is 26.2. The van der Waals surface area contributed by atoms with Gasteiger partial charge in [0.05, 0.1) is 0 Å². The summed E-state index contributed by atoms with van der Waals surface area (Å²) in [7, 11) is 0. The van der Waals surface area contributed by atoms with Crippen molar-refractivity contribution in [3.8, 4) is 0 Å². The highest BCUT2D eigenvalue weighted by Gasteiger charge is 2.24. The Balaban J connectivity index is 1.23. The van der Waals surface area contributed by atoms with E-state index in [1.54, 1.807) is 0 Å². The molecule has 0 bridgehead atoms. The lowest BCUT2D eigenvalue weighted by molar-refractivity contribution is -0.134. The number of halogens is 2. The molecule has 0 unspecified atom stereocenters. The molecule has 3 aromatic rings. The Labute approximate surface area is 184 Å². The molecule has 2 aromatic carbocycles. The van der Waals surface area contributed by atoms with Crippen LogP contribution in [0.3, 0.4) is 0 Å². The van der Waals surface area contributed by atoms with Crippen LogP contribution in [0.5, 0.6) is 0 Å². The topological polar surface area (TPSA) is 80.1 Å². The molecule has 1 aromatic heterocycles. The van der Waals surface area contributed by atoms with Crippen molar-refractivity contribution in [2.24, 2.45) is 5.92 Å². The fourth-order valence-electron chi connectivity index (χ4n) is 4.00.